The summed E-state index contributed by atoms with van der Waals surface area (Å²) in [7, 11) is 0. The number of nitrogens with one attached hydrogen (secondary N) is 2. The SMILES string of the molecule is CC(C)(C)c1ccc(-c2nc(SCC(=O)Nc3ccccc3Cl)n3[nH]c(=O)cc3n2)cc1. The zero-order valence-corrected chi connectivity index (χ0v) is 19.4. The zero-order valence-electron chi connectivity index (χ0n) is 17.8. The Morgan fingerprint density at radius 1 is 1.12 bits per heavy atom. The van der Waals surface area contributed by atoms with Gasteiger partial charge in [0, 0.05) is 11.6 Å². The van der Waals surface area contributed by atoms with E-state index in [2.05, 4.69) is 53.3 Å². The number of anilines is 1. The molecule has 7 nitrogen and oxygen atoms in total. The van der Waals surface area contributed by atoms with Gasteiger partial charge in [0.2, 0.25) is 5.91 Å². The van der Waals surface area contributed by atoms with Gasteiger partial charge in [-0.1, -0.05) is 80.5 Å². The second-order valence-corrected chi connectivity index (χ2v) is 9.64. The summed E-state index contributed by atoms with van der Waals surface area (Å²) in [4.78, 5) is 33.5. The minimum Gasteiger partial charge on any atom is -0.324 e. The highest BCUT2D eigenvalue weighted by molar-refractivity contribution is 7.99. The van der Waals surface area contributed by atoms with Gasteiger partial charge < -0.3 is 5.32 Å². The number of benzene rings is 2. The monoisotopic (exact) mass is 467 g/mol. The summed E-state index contributed by atoms with van der Waals surface area (Å²) >= 11 is 7.31. The third-order valence-corrected chi connectivity index (χ3v) is 6.08. The van der Waals surface area contributed by atoms with Crippen molar-refractivity contribution >= 4 is 40.6 Å². The van der Waals surface area contributed by atoms with Crippen LogP contribution in [0.3, 0.4) is 0 Å². The fourth-order valence-corrected chi connectivity index (χ4v) is 4.04. The summed E-state index contributed by atoms with van der Waals surface area (Å²) in [6, 6.07) is 16.5. The summed E-state index contributed by atoms with van der Waals surface area (Å²) in [5, 5.41) is 6.39. The highest BCUT2D eigenvalue weighted by Crippen LogP contribution is 2.27. The number of rotatable bonds is 5. The van der Waals surface area contributed by atoms with Gasteiger partial charge in [-0.25, -0.2) is 14.5 Å². The average Bonchev–Trinajstić information content (AvgIpc) is 3.13. The molecule has 4 rings (SSSR count). The number of aromatic amines is 1. The molecule has 4 aromatic rings. The van der Waals surface area contributed by atoms with Crippen LogP contribution in [-0.2, 0) is 10.2 Å². The van der Waals surface area contributed by atoms with Crippen molar-refractivity contribution < 1.29 is 4.79 Å². The summed E-state index contributed by atoms with van der Waals surface area (Å²) in [5.74, 6) is 0.332. The molecule has 2 heterocycles. The second-order valence-electron chi connectivity index (χ2n) is 8.29. The standard InChI is InChI=1S/C23H22ClN5O2S/c1-23(2,3)15-10-8-14(9-11-15)21-26-18-12-19(30)28-29(18)22(27-21)32-13-20(31)25-17-7-5-4-6-16(17)24/h4-12H,13H2,1-3H3,(H,25,31)(H,28,30). The quantitative estimate of drug-likeness (QED) is 0.412. The van der Waals surface area contributed by atoms with E-state index in [9.17, 15) is 9.59 Å². The fourth-order valence-electron chi connectivity index (χ4n) is 3.11. The maximum absolute atomic E-state index is 12.5. The molecule has 2 N–H and O–H groups in total. The van der Waals surface area contributed by atoms with Crippen LogP contribution in [0, 0.1) is 0 Å². The molecule has 0 atom stereocenters. The number of hydrogen-bond acceptors (Lipinski definition) is 5. The highest BCUT2D eigenvalue weighted by Gasteiger charge is 2.16. The van der Waals surface area contributed by atoms with E-state index in [1.54, 1.807) is 24.3 Å². The van der Waals surface area contributed by atoms with Crippen molar-refractivity contribution in [1.29, 1.82) is 0 Å². The average molecular weight is 468 g/mol. The predicted octanol–water partition coefficient (Wildman–Crippen LogP) is 4.77. The van der Waals surface area contributed by atoms with E-state index in [-0.39, 0.29) is 22.6 Å². The van der Waals surface area contributed by atoms with Crippen LogP contribution >= 0.6 is 23.4 Å². The molecule has 0 fully saturated rings. The molecule has 32 heavy (non-hydrogen) atoms. The lowest BCUT2D eigenvalue weighted by Crippen LogP contribution is -2.15. The third-order valence-electron chi connectivity index (χ3n) is 4.81. The Bertz CT molecular complexity index is 1340. The van der Waals surface area contributed by atoms with E-state index < -0.39 is 0 Å². The molecule has 0 aliphatic heterocycles. The molecule has 0 unspecified atom stereocenters. The maximum Gasteiger partial charge on any atom is 0.266 e. The number of H-pyrrole nitrogens is 1. The molecule has 0 bridgehead atoms. The molecule has 0 aliphatic rings. The van der Waals surface area contributed by atoms with Crippen molar-refractivity contribution in [2.24, 2.45) is 0 Å². The number of halogens is 1. The number of aromatic nitrogens is 4. The molecule has 164 valence electrons. The maximum atomic E-state index is 12.5. The molecule has 0 spiro atoms. The number of nitrogens with zero attached hydrogens (tertiary/aromatic N) is 3. The molecule has 1 amide bonds. The normalized spacial score (nSPS) is 11.6. The van der Waals surface area contributed by atoms with Gasteiger partial charge in [0.05, 0.1) is 16.5 Å². The van der Waals surface area contributed by atoms with Crippen molar-refractivity contribution in [3.63, 3.8) is 0 Å². The van der Waals surface area contributed by atoms with Crippen molar-refractivity contribution in [2.75, 3.05) is 11.1 Å². The van der Waals surface area contributed by atoms with Gasteiger partial charge in [-0.3, -0.25) is 14.7 Å². The van der Waals surface area contributed by atoms with Crippen LogP contribution < -0.4 is 10.9 Å². The summed E-state index contributed by atoms with van der Waals surface area (Å²) in [5.41, 5.74) is 2.76. The Hall–Kier alpha value is -3.10. The minimum atomic E-state index is -0.290. The van der Waals surface area contributed by atoms with Crippen LogP contribution in [0.25, 0.3) is 17.0 Å². The van der Waals surface area contributed by atoms with Crippen molar-refractivity contribution in [1.82, 2.24) is 19.6 Å². The minimum absolute atomic E-state index is 0.0350. The van der Waals surface area contributed by atoms with E-state index >= 15 is 0 Å². The van der Waals surface area contributed by atoms with Crippen molar-refractivity contribution in [3.8, 4) is 11.4 Å². The fraction of sp³-hybridized carbons (Fsp3) is 0.217. The smallest absolute Gasteiger partial charge is 0.266 e. The molecule has 0 radical (unpaired) electrons. The number of para-hydroxylation sites is 1. The first-order valence-corrected chi connectivity index (χ1v) is 11.3. The predicted molar refractivity (Wildman–Crippen MR) is 129 cm³/mol. The highest BCUT2D eigenvalue weighted by atomic mass is 35.5. The van der Waals surface area contributed by atoms with E-state index in [1.807, 2.05) is 12.1 Å². The van der Waals surface area contributed by atoms with Crippen LogP contribution in [0.2, 0.25) is 5.02 Å². The van der Waals surface area contributed by atoms with Gasteiger partial charge in [0.15, 0.2) is 16.6 Å². The third kappa shape index (κ3) is 4.87. The van der Waals surface area contributed by atoms with Crippen LogP contribution in [-0.4, -0.2) is 31.2 Å². The molecule has 2 aromatic carbocycles. The number of carbonyl (C=O) groups is 1. The van der Waals surface area contributed by atoms with E-state index in [0.29, 0.717) is 27.3 Å². The van der Waals surface area contributed by atoms with E-state index in [4.69, 9.17) is 11.6 Å². The lowest BCUT2D eigenvalue weighted by Gasteiger charge is -2.19. The van der Waals surface area contributed by atoms with Crippen molar-refractivity contribution in [2.45, 2.75) is 31.3 Å². The van der Waals surface area contributed by atoms with Crippen LogP contribution in [0.1, 0.15) is 26.3 Å². The van der Waals surface area contributed by atoms with Gasteiger partial charge in [0.1, 0.15) is 0 Å². The van der Waals surface area contributed by atoms with Crippen LogP contribution in [0.15, 0.2) is 64.5 Å². The van der Waals surface area contributed by atoms with Gasteiger partial charge >= 0.3 is 0 Å². The Morgan fingerprint density at radius 3 is 2.53 bits per heavy atom. The van der Waals surface area contributed by atoms with Gasteiger partial charge in [0.25, 0.3) is 5.56 Å². The Balaban J connectivity index is 1.60. The first kappa shape index (κ1) is 22.1. The number of thioether (sulfide) groups is 1. The molecular formula is C23H22ClN5O2S. The Kier molecular flexibility index (Phi) is 6.08. The second kappa shape index (κ2) is 8.80. The van der Waals surface area contributed by atoms with Crippen LogP contribution in [0.4, 0.5) is 5.69 Å². The Morgan fingerprint density at radius 2 is 1.84 bits per heavy atom. The number of hydrogen-bond donors (Lipinski definition) is 2. The number of amides is 1. The Labute approximate surface area is 194 Å². The van der Waals surface area contributed by atoms with Gasteiger partial charge in [-0.2, -0.15) is 0 Å². The zero-order chi connectivity index (χ0) is 22.9. The topological polar surface area (TPSA) is 92.2 Å². The largest absolute Gasteiger partial charge is 0.324 e. The van der Waals surface area contributed by atoms with Crippen molar-refractivity contribution in [3.05, 3.63) is 75.5 Å². The summed E-state index contributed by atoms with van der Waals surface area (Å²) < 4.78 is 1.49. The molecule has 2 aromatic heterocycles. The molecular weight excluding hydrogens is 446 g/mol. The first-order chi connectivity index (χ1) is 15.2. The van der Waals surface area contributed by atoms with E-state index in [0.717, 1.165) is 5.56 Å². The molecule has 0 saturated heterocycles. The lowest BCUT2D eigenvalue weighted by atomic mass is 9.87. The van der Waals surface area contributed by atoms with E-state index in [1.165, 1.54) is 27.9 Å². The number of fused-ring (bicyclic) bond motifs is 1. The molecule has 0 aliphatic carbocycles. The lowest BCUT2D eigenvalue weighted by molar-refractivity contribution is -0.113. The summed E-state index contributed by atoms with van der Waals surface area (Å²) in [6.45, 7) is 6.46. The summed E-state index contributed by atoms with van der Waals surface area (Å²) in [6.07, 6.45) is 0. The van der Waals surface area contributed by atoms with Gasteiger partial charge in [-0.15, -0.1) is 0 Å². The molecule has 9 heteroatoms. The number of carbonyl (C=O) groups excluding carboxylic acids is 1. The van der Waals surface area contributed by atoms with Crippen LogP contribution in [0.5, 0.6) is 0 Å². The van der Waals surface area contributed by atoms with Gasteiger partial charge in [-0.05, 0) is 23.1 Å². The first-order valence-electron chi connectivity index (χ1n) is 9.98. The molecule has 0 saturated carbocycles.